The number of fused-ring (bicyclic) bond motifs is 2. The number of rotatable bonds is 2. The zero-order chi connectivity index (χ0) is 16.8. The van der Waals surface area contributed by atoms with Gasteiger partial charge in [-0.05, 0) is 0 Å². The molecular weight excluding hydrogens is 454 g/mol. The predicted molar refractivity (Wildman–Crippen MR) is 103 cm³/mol. The van der Waals surface area contributed by atoms with Crippen LogP contribution in [0.1, 0.15) is 42.0 Å². The molecule has 134 valence electrons. The Bertz CT molecular complexity index is 923. The molecule has 0 amide bonds. The van der Waals surface area contributed by atoms with Crippen molar-refractivity contribution in [1.82, 2.24) is 0 Å². The smallest absolute Gasteiger partial charge is 1.00 e. The molecule has 2 aromatic carbocycles. The number of hydrogen-bond acceptors (Lipinski definition) is 0. The minimum atomic E-state index is -1.73. The van der Waals surface area contributed by atoms with Crippen molar-refractivity contribution < 1.29 is 45.2 Å². The van der Waals surface area contributed by atoms with E-state index in [2.05, 4.69) is 87.6 Å². The Morgan fingerprint density at radius 2 is 1.58 bits per heavy atom. The van der Waals surface area contributed by atoms with Gasteiger partial charge in [0.05, 0.1) is 0 Å². The van der Waals surface area contributed by atoms with Crippen molar-refractivity contribution in [3.8, 4) is 0 Å². The number of hydrogen-bond donors (Lipinski definition) is 0. The van der Waals surface area contributed by atoms with E-state index >= 15 is 0 Å². The summed E-state index contributed by atoms with van der Waals surface area (Å²) in [5, 5.41) is 0. The number of aryl methyl sites for hydroxylation is 1. The molecule has 2 aromatic rings. The maximum absolute atomic E-state index is 2.58. The quantitative estimate of drug-likeness (QED) is 0.538. The Kier molecular flexibility index (Phi) is 7.36. The van der Waals surface area contributed by atoms with Gasteiger partial charge >= 0.3 is 154 Å². The van der Waals surface area contributed by atoms with Crippen molar-refractivity contribution in [3.05, 3.63) is 81.9 Å². The van der Waals surface area contributed by atoms with Crippen molar-refractivity contribution in [2.24, 2.45) is 0 Å². The average molecular weight is 479 g/mol. The fourth-order valence-electron chi connectivity index (χ4n) is 4.42. The van der Waals surface area contributed by atoms with Gasteiger partial charge in [0.15, 0.2) is 0 Å². The molecule has 0 heterocycles. The Hall–Kier alpha value is -0.400. The second kappa shape index (κ2) is 8.74. The molecular formula is C22H24Cl2SiZr. The third-order valence-corrected chi connectivity index (χ3v) is 25.0. The van der Waals surface area contributed by atoms with E-state index in [0.29, 0.717) is 0 Å². The molecule has 0 N–H and O–H groups in total. The fourth-order valence-corrected chi connectivity index (χ4v) is 24.2. The summed E-state index contributed by atoms with van der Waals surface area (Å²) in [4.78, 5) is 0. The molecule has 2 aliphatic rings. The van der Waals surface area contributed by atoms with Crippen LogP contribution in [0.4, 0.5) is 0 Å². The van der Waals surface area contributed by atoms with Gasteiger partial charge in [0.25, 0.3) is 0 Å². The number of allylic oxidation sites excluding steroid dienone is 2. The summed E-state index contributed by atoms with van der Waals surface area (Å²) in [6.45, 7) is 9.81. The van der Waals surface area contributed by atoms with E-state index in [1.807, 2.05) is 0 Å². The monoisotopic (exact) mass is 476 g/mol. The van der Waals surface area contributed by atoms with Crippen molar-refractivity contribution in [2.75, 3.05) is 0 Å². The SMILES string of the molecule is CC1=Cc2c(C)cccc2[CH]1[Zr+2]([CH]1C=Cc2ccccc21)=[Si](C)C.[Cl-].[Cl-]. The minimum absolute atomic E-state index is 0. The molecule has 0 aromatic heterocycles. The number of benzene rings is 2. The van der Waals surface area contributed by atoms with Gasteiger partial charge in [0.2, 0.25) is 0 Å². The zero-order valence-electron chi connectivity index (χ0n) is 15.7. The maximum atomic E-state index is 2.58. The first kappa shape index (κ1) is 21.9. The van der Waals surface area contributed by atoms with Crippen molar-refractivity contribution in [2.45, 2.75) is 34.2 Å². The molecule has 2 unspecified atom stereocenters. The van der Waals surface area contributed by atoms with Crippen LogP contribution in [-0.2, 0) is 20.4 Å². The first-order chi connectivity index (χ1) is 11.6. The molecule has 0 nitrogen and oxygen atoms in total. The molecule has 2 atom stereocenters. The van der Waals surface area contributed by atoms with Gasteiger partial charge in [0, 0.05) is 0 Å². The van der Waals surface area contributed by atoms with Crippen molar-refractivity contribution in [1.29, 1.82) is 0 Å². The van der Waals surface area contributed by atoms with Gasteiger partial charge in [-0.2, -0.15) is 0 Å². The van der Waals surface area contributed by atoms with Crippen LogP contribution in [0.15, 0.2) is 54.1 Å². The van der Waals surface area contributed by atoms with Crippen LogP contribution in [0.2, 0.25) is 13.1 Å². The molecule has 0 bridgehead atoms. The summed E-state index contributed by atoms with van der Waals surface area (Å²) < 4.78 is 1.53. The Morgan fingerprint density at radius 1 is 0.885 bits per heavy atom. The maximum Gasteiger partial charge on any atom is -1.00 e. The van der Waals surface area contributed by atoms with Gasteiger partial charge in [0.1, 0.15) is 0 Å². The minimum Gasteiger partial charge on any atom is -1.00 e. The largest absolute Gasteiger partial charge is 1.00 e. The molecule has 4 rings (SSSR count). The van der Waals surface area contributed by atoms with E-state index in [0.717, 1.165) is 7.25 Å². The fraction of sp³-hybridized carbons (Fsp3) is 0.273. The molecule has 0 aliphatic heterocycles. The molecule has 4 heteroatoms. The Morgan fingerprint density at radius 3 is 2.31 bits per heavy atom. The summed E-state index contributed by atoms with van der Waals surface area (Å²) in [5.41, 5.74) is 9.07. The Labute approximate surface area is 177 Å². The summed E-state index contributed by atoms with van der Waals surface area (Å²) in [7, 11) is 0. The zero-order valence-corrected chi connectivity index (χ0v) is 20.7. The number of halogens is 2. The van der Waals surface area contributed by atoms with Crippen LogP contribution in [0.25, 0.3) is 12.2 Å². The van der Waals surface area contributed by atoms with Crippen molar-refractivity contribution >= 4 is 17.6 Å². The predicted octanol–water partition coefficient (Wildman–Crippen LogP) is 0.0984. The van der Waals surface area contributed by atoms with Crippen LogP contribution in [0.3, 0.4) is 0 Å². The van der Waals surface area contributed by atoms with Gasteiger partial charge in [-0.15, -0.1) is 0 Å². The topological polar surface area (TPSA) is 0 Å². The molecule has 0 saturated heterocycles. The third kappa shape index (κ3) is 3.63. The van der Waals surface area contributed by atoms with Gasteiger partial charge in [-0.3, -0.25) is 0 Å². The van der Waals surface area contributed by atoms with E-state index in [4.69, 9.17) is 0 Å². The van der Waals surface area contributed by atoms with Crippen molar-refractivity contribution in [3.63, 3.8) is 0 Å². The van der Waals surface area contributed by atoms with Crippen LogP contribution >= 0.6 is 0 Å². The van der Waals surface area contributed by atoms with Gasteiger partial charge < -0.3 is 24.8 Å². The van der Waals surface area contributed by atoms with Crippen LogP contribution in [0, 0.1) is 6.92 Å². The van der Waals surface area contributed by atoms with E-state index < -0.39 is 20.4 Å². The summed E-state index contributed by atoms with van der Waals surface area (Å²) >= 11 is -1.73. The second-order valence-electron chi connectivity index (χ2n) is 7.32. The summed E-state index contributed by atoms with van der Waals surface area (Å²) in [5.74, 6) is 0. The molecule has 0 saturated carbocycles. The average Bonchev–Trinajstić information content (AvgIpc) is 3.12. The first-order valence-electron chi connectivity index (χ1n) is 8.80. The van der Waals surface area contributed by atoms with Gasteiger partial charge in [-0.25, -0.2) is 0 Å². The first-order valence-corrected chi connectivity index (χ1v) is 17.8. The normalized spacial score (nSPS) is 18.7. The Balaban J connectivity index is 0.00000121. The van der Waals surface area contributed by atoms with E-state index in [1.54, 1.807) is 16.7 Å². The van der Waals surface area contributed by atoms with E-state index in [9.17, 15) is 0 Å². The molecule has 26 heavy (non-hydrogen) atoms. The summed E-state index contributed by atoms with van der Waals surface area (Å²) in [6, 6.07) is 16.0. The molecule has 0 spiro atoms. The third-order valence-electron chi connectivity index (χ3n) is 5.52. The van der Waals surface area contributed by atoms with Crippen LogP contribution < -0.4 is 24.8 Å². The van der Waals surface area contributed by atoms with Crippen LogP contribution in [0.5, 0.6) is 0 Å². The van der Waals surface area contributed by atoms with Crippen LogP contribution in [-0.4, -0.2) is 5.43 Å². The second-order valence-corrected chi connectivity index (χ2v) is 25.3. The molecule has 2 aliphatic carbocycles. The summed E-state index contributed by atoms with van der Waals surface area (Å²) in [6.07, 6.45) is 7.43. The molecule has 0 fully saturated rings. The standard InChI is InChI=1S/C11H11.C9H7.C2H6Si.2ClH.Zr/c1-8-6-10-5-3-4-9(2)11(10)7-8;1-2-5-9-7-3-6-8(9)4-1;1-3-2;;;/h3-7H,1-2H3;1-7H;1-2H3;2*1H;/q;;;;;+2/p-2. The van der Waals surface area contributed by atoms with E-state index in [-0.39, 0.29) is 30.2 Å². The van der Waals surface area contributed by atoms with E-state index in [1.165, 1.54) is 16.7 Å². The molecule has 0 radical (unpaired) electrons. The van der Waals surface area contributed by atoms with Gasteiger partial charge in [-0.1, -0.05) is 0 Å².